The van der Waals surface area contributed by atoms with Gasteiger partial charge in [-0.2, -0.15) is 0 Å². The zero-order valence-electron chi connectivity index (χ0n) is 9.66. The molecule has 0 saturated heterocycles. The summed E-state index contributed by atoms with van der Waals surface area (Å²) in [5.41, 5.74) is 2.13. The van der Waals surface area contributed by atoms with Crippen molar-refractivity contribution in [2.24, 2.45) is 0 Å². The van der Waals surface area contributed by atoms with Crippen LogP contribution in [0.1, 0.15) is 0 Å². The van der Waals surface area contributed by atoms with Crippen LogP contribution in [0.4, 0.5) is 0 Å². The second kappa shape index (κ2) is 5.48. The van der Waals surface area contributed by atoms with E-state index >= 15 is 0 Å². The Labute approximate surface area is 111 Å². The largest absolute Gasteiger partial charge is 0.495 e. The van der Waals surface area contributed by atoms with Crippen molar-refractivity contribution in [3.8, 4) is 16.9 Å². The number of ether oxygens (including phenoxy) is 1. The number of hydrogen-bond acceptors (Lipinski definition) is 2. The Balaban J connectivity index is 2.49. The Kier molecular flexibility index (Phi) is 3.97. The van der Waals surface area contributed by atoms with Crippen LogP contribution in [-0.4, -0.2) is 13.4 Å². The maximum Gasteiger partial charge on any atom is 0.137 e. The lowest BCUT2D eigenvalue weighted by Gasteiger charge is -2.09. The van der Waals surface area contributed by atoms with E-state index in [2.05, 4.69) is 18.4 Å². The second-order valence-corrected chi connectivity index (χ2v) is 4.72. The van der Waals surface area contributed by atoms with Crippen molar-refractivity contribution < 1.29 is 4.74 Å². The fraction of sp³-hybridized carbons (Fsp3) is 0.143. The van der Waals surface area contributed by atoms with Gasteiger partial charge in [-0.25, -0.2) is 0 Å². The molecule has 0 aromatic heterocycles. The highest BCUT2D eigenvalue weighted by Gasteiger charge is 2.07. The van der Waals surface area contributed by atoms with Crippen LogP contribution in [0, 0.1) is 6.07 Å². The first-order chi connectivity index (χ1) is 8.26. The highest BCUT2D eigenvalue weighted by molar-refractivity contribution is 7.98. The van der Waals surface area contributed by atoms with Crippen LogP contribution in [0.3, 0.4) is 0 Å². The van der Waals surface area contributed by atoms with Gasteiger partial charge >= 0.3 is 0 Å². The molecule has 0 amide bonds. The SMILES string of the molecule is COc1ccc(-c2[c]cccc2SC)cc1Cl. The van der Waals surface area contributed by atoms with Crippen LogP contribution in [0.15, 0.2) is 41.3 Å². The van der Waals surface area contributed by atoms with Gasteiger partial charge in [0.25, 0.3) is 0 Å². The summed E-state index contributed by atoms with van der Waals surface area (Å²) < 4.78 is 5.15. The van der Waals surface area contributed by atoms with Crippen molar-refractivity contribution >= 4 is 23.4 Å². The summed E-state index contributed by atoms with van der Waals surface area (Å²) in [4.78, 5) is 1.19. The maximum atomic E-state index is 6.13. The van der Waals surface area contributed by atoms with Crippen LogP contribution in [0.25, 0.3) is 11.1 Å². The zero-order chi connectivity index (χ0) is 12.3. The van der Waals surface area contributed by atoms with E-state index in [9.17, 15) is 0 Å². The van der Waals surface area contributed by atoms with Crippen molar-refractivity contribution in [1.82, 2.24) is 0 Å². The van der Waals surface area contributed by atoms with Crippen LogP contribution >= 0.6 is 23.4 Å². The molecule has 0 saturated carbocycles. The van der Waals surface area contributed by atoms with Gasteiger partial charge in [0, 0.05) is 10.5 Å². The average molecular weight is 264 g/mol. The van der Waals surface area contributed by atoms with Gasteiger partial charge in [0.05, 0.1) is 12.1 Å². The molecule has 0 aliphatic heterocycles. The molecule has 0 bridgehead atoms. The molecule has 3 heteroatoms. The molecule has 1 nitrogen and oxygen atoms in total. The highest BCUT2D eigenvalue weighted by atomic mass is 35.5. The van der Waals surface area contributed by atoms with Crippen molar-refractivity contribution in [1.29, 1.82) is 0 Å². The van der Waals surface area contributed by atoms with E-state index in [0.717, 1.165) is 11.1 Å². The summed E-state index contributed by atoms with van der Waals surface area (Å²) >= 11 is 7.83. The molecule has 0 spiro atoms. The topological polar surface area (TPSA) is 9.23 Å². The molecule has 2 rings (SSSR count). The molecule has 0 atom stereocenters. The monoisotopic (exact) mass is 263 g/mol. The third-order valence-corrected chi connectivity index (χ3v) is 3.55. The molecule has 1 radical (unpaired) electrons. The minimum Gasteiger partial charge on any atom is -0.495 e. The number of rotatable bonds is 3. The maximum absolute atomic E-state index is 6.13. The first-order valence-electron chi connectivity index (χ1n) is 5.15. The van der Waals surface area contributed by atoms with Crippen LogP contribution in [0.2, 0.25) is 5.02 Å². The number of hydrogen-bond donors (Lipinski definition) is 0. The fourth-order valence-electron chi connectivity index (χ4n) is 1.64. The van der Waals surface area contributed by atoms with Gasteiger partial charge in [-0.1, -0.05) is 29.8 Å². The minimum atomic E-state index is 0.620. The molecular formula is C14H12ClOS. The smallest absolute Gasteiger partial charge is 0.137 e. The minimum absolute atomic E-state index is 0.620. The zero-order valence-corrected chi connectivity index (χ0v) is 11.2. The van der Waals surface area contributed by atoms with E-state index < -0.39 is 0 Å². The first-order valence-corrected chi connectivity index (χ1v) is 6.75. The normalized spacial score (nSPS) is 10.3. The van der Waals surface area contributed by atoms with Crippen molar-refractivity contribution in [2.75, 3.05) is 13.4 Å². The van der Waals surface area contributed by atoms with Crippen molar-refractivity contribution in [2.45, 2.75) is 4.90 Å². The molecule has 0 N–H and O–H groups in total. The van der Waals surface area contributed by atoms with Gasteiger partial charge in [0.1, 0.15) is 5.75 Å². The predicted octanol–water partition coefficient (Wildman–Crippen LogP) is 4.54. The number of methoxy groups -OCH3 is 1. The summed E-state index contributed by atoms with van der Waals surface area (Å²) in [7, 11) is 1.61. The molecule has 0 unspecified atom stereocenters. The Bertz CT molecular complexity index is 525. The van der Waals surface area contributed by atoms with E-state index in [1.54, 1.807) is 18.9 Å². The van der Waals surface area contributed by atoms with Gasteiger partial charge in [-0.05, 0) is 36.1 Å². The molecule has 0 heterocycles. The van der Waals surface area contributed by atoms with Crippen molar-refractivity contribution in [3.63, 3.8) is 0 Å². The van der Waals surface area contributed by atoms with E-state index in [0.29, 0.717) is 10.8 Å². The highest BCUT2D eigenvalue weighted by Crippen LogP contribution is 2.34. The molecule has 17 heavy (non-hydrogen) atoms. The Morgan fingerprint density at radius 1 is 1.29 bits per heavy atom. The second-order valence-electron chi connectivity index (χ2n) is 3.46. The lowest BCUT2D eigenvalue weighted by atomic mass is 10.1. The van der Waals surface area contributed by atoms with E-state index in [4.69, 9.17) is 16.3 Å². The Hall–Kier alpha value is -1.12. The molecule has 0 aliphatic carbocycles. The summed E-state index contributed by atoms with van der Waals surface area (Å²) in [5.74, 6) is 0.692. The van der Waals surface area contributed by atoms with Gasteiger partial charge in [-0.3, -0.25) is 0 Å². The molecule has 87 valence electrons. The predicted molar refractivity (Wildman–Crippen MR) is 74.1 cm³/mol. The molecule has 2 aromatic rings. The number of thioether (sulfide) groups is 1. The molecule has 2 aromatic carbocycles. The summed E-state index contributed by atoms with van der Waals surface area (Å²) in [6.07, 6.45) is 2.05. The van der Waals surface area contributed by atoms with Gasteiger partial charge in [-0.15, -0.1) is 11.8 Å². The van der Waals surface area contributed by atoms with Gasteiger partial charge in [0.15, 0.2) is 0 Å². The lowest BCUT2D eigenvalue weighted by Crippen LogP contribution is -1.86. The van der Waals surface area contributed by atoms with Gasteiger partial charge < -0.3 is 4.74 Å². The van der Waals surface area contributed by atoms with E-state index in [1.807, 2.05) is 30.3 Å². The third kappa shape index (κ3) is 2.59. The van der Waals surface area contributed by atoms with E-state index in [-0.39, 0.29) is 0 Å². The van der Waals surface area contributed by atoms with Crippen LogP contribution < -0.4 is 4.74 Å². The first kappa shape index (κ1) is 12.3. The van der Waals surface area contributed by atoms with Crippen LogP contribution in [-0.2, 0) is 0 Å². The quantitative estimate of drug-likeness (QED) is 0.752. The third-order valence-electron chi connectivity index (χ3n) is 2.48. The Morgan fingerprint density at radius 2 is 2.12 bits per heavy atom. The summed E-state index contributed by atoms with van der Waals surface area (Å²) in [6.45, 7) is 0. The van der Waals surface area contributed by atoms with E-state index in [1.165, 1.54) is 4.90 Å². The van der Waals surface area contributed by atoms with Crippen molar-refractivity contribution in [3.05, 3.63) is 47.5 Å². The summed E-state index contributed by atoms with van der Waals surface area (Å²) in [5, 5.41) is 0.620. The number of benzene rings is 2. The molecular weight excluding hydrogens is 252 g/mol. The van der Waals surface area contributed by atoms with Gasteiger partial charge in [0.2, 0.25) is 0 Å². The summed E-state index contributed by atoms with van der Waals surface area (Å²) in [6, 6.07) is 15.0. The lowest BCUT2D eigenvalue weighted by molar-refractivity contribution is 0.415. The average Bonchev–Trinajstić information content (AvgIpc) is 2.38. The molecule has 0 fully saturated rings. The fourth-order valence-corrected chi connectivity index (χ4v) is 2.49. The number of halogens is 1. The van der Waals surface area contributed by atoms with Crippen LogP contribution in [0.5, 0.6) is 5.75 Å². The molecule has 0 aliphatic rings. The standard InChI is InChI=1S/C14H12ClOS/c1-16-13-8-7-10(9-12(13)15)11-5-3-4-6-14(11)17-2/h3-4,6-9H,1-2H3. The Morgan fingerprint density at radius 3 is 2.76 bits per heavy atom.